The molecule has 0 unspecified atom stereocenters. The van der Waals surface area contributed by atoms with Gasteiger partial charge in [-0.05, 0) is 61.9 Å². The highest BCUT2D eigenvalue weighted by Gasteiger charge is 2.33. The summed E-state index contributed by atoms with van der Waals surface area (Å²) in [5, 5.41) is 5.44. The Kier molecular flexibility index (Phi) is 7.45. The summed E-state index contributed by atoms with van der Waals surface area (Å²) in [6.45, 7) is 3.58. The molecule has 210 valence electrons. The van der Waals surface area contributed by atoms with Crippen LogP contribution in [0.5, 0.6) is 0 Å². The van der Waals surface area contributed by atoms with E-state index in [-0.39, 0.29) is 17.7 Å². The predicted octanol–water partition coefficient (Wildman–Crippen LogP) is 5.44. The lowest BCUT2D eigenvalue weighted by atomic mass is 9.96. The smallest absolute Gasteiger partial charge is 0.338 e. The molecule has 0 fully saturated rings. The summed E-state index contributed by atoms with van der Waals surface area (Å²) in [5.41, 5.74) is 3.98. The number of carbonyl (C=O) groups excluding carboxylic acids is 1. The number of halogens is 2. The molecular weight excluding hydrogens is 575 g/mol. The third-order valence-corrected chi connectivity index (χ3v) is 8.11. The van der Waals surface area contributed by atoms with Crippen molar-refractivity contribution in [1.82, 2.24) is 14.3 Å². The van der Waals surface area contributed by atoms with Crippen LogP contribution in [0.4, 0.5) is 4.39 Å². The second kappa shape index (κ2) is 11.3. The summed E-state index contributed by atoms with van der Waals surface area (Å²) in [6, 6.07) is 21.9. The van der Waals surface area contributed by atoms with Crippen molar-refractivity contribution in [3.05, 3.63) is 138 Å². The zero-order valence-corrected chi connectivity index (χ0v) is 24.2. The summed E-state index contributed by atoms with van der Waals surface area (Å²) in [6.07, 6.45) is 3.65. The van der Waals surface area contributed by atoms with Crippen molar-refractivity contribution in [3.8, 4) is 16.9 Å². The maximum atomic E-state index is 14.1. The van der Waals surface area contributed by atoms with E-state index in [9.17, 15) is 14.0 Å². The summed E-state index contributed by atoms with van der Waals surface area (Å²) in [5.74, 6) is -0.994. The van der Waals surface area contributed by atoms with Gasteiger partial charge in [-0.25, -0.2) is 18.9 Å². The van der Waals surface area contributed by atoms with E-state index < -0.39 is 17.8 Å². The molecule has 0 bridgehead atoms. The Morgan fingerprint density at radius 2 is 1.79 bits per heavy atom. The number of benzene rings is 3. The molecule has 5 aromatic rings. The summed E-state index contributed by atoms with van der Waals surface area (Å²) in [7, 11) is 0. The molecular formula is C32H24ClFN4O3S. The van der Waals surface area contributed by atoms with Crippen molar-refractivity contribution in [2.75, 3.05) is 6.61 Å². The van der Waals surface area contributed by atoms with E-state index in [2.05, 4.69) is 4.99 Å². The van der Waals surface area contributed by atoms with Gasteiger partial charge < -0.3 is 4.74 Å². The Morgan fingerprint density at radius 1 is 1.07 bits per heavy atom. The summed E-state index contributed by atoms with van der Waals surface area (Å²) in [4.78, 5) is 32.2. The van der Waals surface area contributed by atoms with Crippen LogP contribution in [0.15, 0.2) is 106 Å². The van der Waals surface area contributed by atoms with E-state index >= 15 is 0 Å². The van der Waals surface area contributed by atoms with Crippen LogP contribution in [0.2, 0.25) is 5.02 Å². The molecule has 7 nitrogen and oxygen atoms in total. The molecule has 0 N–H and O–H groups in total. The number of fused-ring (bicyclic) bond motifs is 1. The first-order chi connectivity index (χ1) is 20.3. The number of carbonyl (C=O) groups is 1. The Labute approximate surface area is 249 Å². The van der Waals surface area contributed by atoms with Crippen molar-refractivity contribution in [1.29, 1.82) is 0 Å². The fraction of sp³-hybridized carbons (Fsp3) is 0.125. The van der Waals surface area contributed by atoms with Crippen LogP contribution >= 0.6 is 22.9 Å². The third-order valence-electron chi connectivity index (χ3n) is 6.87. The summed E-state index contributed by atoms with van der Waals surface area (Å²) < 4.78 is 22.8. The summed E-state index contributed by atoms with van der Waals surface area (Å²) >= 11 is 7.35. The van der Waals surface area contributed by atoms with Crippen LogP contribution < -0.4 is 14.9 Å². The van der Waals surface area contributed by atoms with Gasteiger partial charge in [0.25, 0.3) is 5.56 Å². The fourth-order valence-electron chi connectivity index (χ4n) is 4.93. The van der Waals surface area contributed by atoms with Gasteiger partial charge in [0.2, 0.25) is 0 Å². The SMILES string of the molecule is CCOC(=O)C1=C(C)N=c2s/c(=C\c3cn(-c4ccccc4)nc3-c3ccc(Cl)cc3)c(=O)n2[C@H]1c1ccc(F)cc1. The molecule has 0 aliphatic carbocycles. The van der Waals surface area contributed by atoms with Crippen LogP contribution in [-0.4, -0.2) is 26.9 Å². The molecule has 6 rings (SSSR count). The highest BCUT2D eigenvalue weighted by atomic mass is 35.5. The van der Waals surface area contributed by atoms with Gasteiger partial charge in [0, 0.05) is 22.3 Å². The van der Waals surface area contributed by atoms with E-state index in [1.54, 1.807) is 48.9 Å². The second-order valence-electron chi connectivity index (χ2n) is 9.57. The lowest BCUT2D eigenvalue weighted by molar-refractivity contribution is -0.139. The normalized spacial score (nSPS) is 15.0. The number of ether oxygens (including phenoxy) is 1. The van der Waals surface area contributed by atoms with Gasteiger partial charge in [-0.15, -0.1) is 0 Å². The van der Waals surface area contributed by atoms with Crippen molar-refractivity contribution in [2.24, 2.45) is 4.99 Å². The number of aromatic nitrogens is 3. The van der Waals surface area contributed by atoms with Crippen LogP contribution in [-0.2, 0) is 9.53 Å². The minimum atomic E-state index is -0.828. The van der Waals surface area contributed by atoms with Gasteiger partial charge in [0.1, 0.15) is 11.5 Å². The second-order valence-corrected chi connectivity index (χ2v) is 11.0. The highest BCUT2D eigenvalue weighted by Crippen LogP contribution is 2.31. The molecule has 0 amide bonds. The largest absolute Gasteiger partial charge is 0.463 e. The van der Waals surface area contributed by atoms with E-state index in [1.807, 2.05) is 48.7 Å². The molecule has 1 aliphatic rings. The molecule has 0 spiro atoms. The fourth-order valence-corrected chi connectivity index (χ4v) is 6.09. The molecule has 0 radical (unpaired) electrons. The van der Waals surface area contributed by atoms with Crippen LogP contribution in [0, 0.1) is 5.82 Å². The molecule has 3 aromatic carbocycles. The molecule has 2 aromatic heterocycles. The highest BCUT2D eigenvalue weighted by molar-refractivity contribution is 7.07. The minimum absolute atomic E-state index is 0.162. The van der Waals surface area contributed by atoms with Crippen molar-refractivity contribution < 1.29 is 13.9 Å². The first-order valence-corrected chi connectivity index (χ1v) is 14.4. The number of rotatable bonds is 6. The number of thiazole rings is 1. The molecule has 0 saturated heterocycles. The van der Waals surface area contributed by atoms with Gasteiger partial charge in [0.05, 0.1) is 34.1 Å². The Morgan fingerprint density at radius 3 is 2.48 bits per heavy atom. The van der Waals surface area contributed by atoms with Crippen molar-refractivity contribution in [2.45, 2.75) is 19.9 Å². The van der Waals surface area contributed by atoms with Gasteiger partial charge in [-0.2, -0.15) is 5.10 Å². The number of para-hydroxylation sites is 1. The number of hydrogen-bond donors (Lipinski definition) is 0. The lowest BCUT2D eigenvalue weighted by Crippen LogP contribution is -2.39. The average molecular weight is 599 g/mol. The van der Waals surface area contributed by atoms with Crippen LogP contribution in [0.3, 0.4) is 0 Å². The first-order valence-electron chi connectivity index (χ1n) is 13.2. The Bertz CT molecular complexity index is 2010. The van der Waals surface area contributed by atoms with Gasteiger partial charge >= 0.3 is 5.97 Å². The predicted molar refractivity (Wildman–Crippen MR) is 161 cm³/mol. The Hall–Kier alpha value is -4.60. The van der Waals surface area contributed by atoms with Gasteiger partial charge in [0.15, 0.2) is 4.80 Å². The standard InChI is InChI=1S/C32H24ClFN4O3S/c1-3-41-31(40)27-19(2)35-32-38(29(27)21-11-15-24(34)16-12-21)30(39)26(42-32)17-22-18-37(25-7-5-4-6-8-25)36-28(22)20-9-13-23(33)14-10-20/h4-18,29H,3H2,1-2H3/b26-17-/t29-/m0/s1. The molecule has 1 atom stereocenters. The zero-order valence-electron chi connectivity index (χ0n) is 22.6. The quantitative estimate of drug-likeness (QED) is 0.244. The molecule has 1 aliphatic heterocycles. The lowest BCUT2D eigenvalue weighted by Gasteiger charge is -2.24. The van der Waals surface area contributed by atoms with E-state index in [1.165, 1.54) is 28.0 Å². The molecule has 3 heterocycles. The van der Waals surface area contributed by atoms with Gasteiger partial charge in [-0.3, -0.25) is 9.36 Å². The first kappa shape index (κ1) is 27.6. The zero-order chi connectivity index (χ0) is 29.4. The molecule has 0 saturated carbocycles. The monoisotopic (exact) mass is 598 g/mol. The van der Waals surface area contributed by atoms with Crippen LogP contribution in [0.1, 0.15) is 31.0 Å². The topological polar surface area (TPSA) is 78.5 Å². The van der Waals surface area contributed by atoms with Gasteiger partial charge in [-0.1, -0.05) is 65.4 Å². The number of nitrogens with zero attached hydrogens (tertiary/aromatic N) is 4. The Balaban J connectivity index is 1.56. The van der Waals surface area contributed by atoms with E-state index in [0.29, 0.717) is 36.9 Å². The molecule has 42 heavy (non-hydrogen) atoms. The van der Waals surface area contributed by atoms with Crippen molar-refractivity contribution in [3.63, 3.8) is 0 Å². The van der Waals surface area contributed by atoms with E-state index in [0.717, 1.165) is 11.3 Å². The average Bonchev–Trinajstić information content (AvgIpc) is 3.54. The number of allylic oxidation sites excluding steroid dienone is 1. The maximum Gasteiger partial charge on any atom is 0.338 e. The van der Waals surface area contributed by atoms with E-state index in [4.69, 9.17) is 21.4 Å². The molecule has 10 heteroatoms. The maximum absolute atomic E-state index is 14.1. The van der Waals surface area contributed by atoms with Crippen LogP contribution in [0.25, 0.3) is 23.0 Å². The third kappa shape index (κ3) is 5.13. The van der Waals surface area contributed by atoms with Crippen molar-refractivity contribution >= 4 is 35.0 Å². The minimum Gasteiger partial charge on any atom is -0.463 e. The number of esters is 1. The number of hydrogen-bond acceptors (Lipinski definition) is 6.